The molecule has 0 bridgehead atoms. The summed E-state index contributed by atoms with van der Waals surface area (Å²) in [6.45, 7) is 0. The minimum absolute atomic E-state index is 0.160. The molecular weight excluding hydrogens is 374 g/mol. The van der Waals surface area contributed by atoms with Crippen LogP contribution < -0.4 is 5.73 Å². The van der Waals surface area contributed by atoms with E-state index in [1.54, 1.807) is 0 Å². The van der Waals surface area contributed by atoms with Gasteiger partial charge in [0.1, 0.15) is 14.7 Å². The van der Waals surface area contributed by atoms with Crippen molar-refractivity contribution in [3.8, 4) is 0 Å². The first kappa shape index (κ1) is 17.6. The molecule has 0 saturated heterocycles. The Hall–Kier alpha value is -1.77. The smallest absolute Gasteiger partial charge is 0.296 e. The second-order valence-corrected chi connectivity index (χ2v) is 8.57. The fourth-order valence-electron chi connectivity index (χ4n) is 2.01. The molecule has 0 amide bonds. The predicted molar refractivity (Wildman–Crippen MR) is 77.8 cm³/mol. The molecule has 5 N–H and O–H groups in total. The van der Waals surface area contributed by atoms with E-state index < -0.39 is 56.1 Å². The van der Waals surface area contributed by atoms with E-state index in [-0.39, 0.29) is 5.39 Å². The zero-order valence-corrected chi connectivity index (χ0v) is 13.4. The lowest BCUT2D eigenvalue weighted by Gasteiger charge is -2.11. The summed E-state index contributed by atoms with van der Waals surface area (Å²) in [5, 5.41) is -0.612. The molecule has 0 aromatic heterocycles. The molecule has 23 heavy (non-hydrogen) atoms. The minimum atomic E-state index is -5.11. The summed E-state index contributed by atoms with van der Waals surface area (Å²) in [5.74, 6) is 0. The molecular formula is C10H9NO9S3. The van der Waals surface area contributed by atoms with E-state index in [0.717, 1.165) is 18.2 Å². The van der Waals surface area contributed by atoms with E-state index in [1.165, 1.54) is 0 Å². The molecule has 0 fully saturated rings. The van der Waals surface area contributed by atoms with Crippen molar-refractivity contribution in [2.75, 3.05) is 5.73 Å². The molecule has 0 spiro atoms. The SMILES string of the molecule is Nc1cc2c(S(=O)(=O)O)c(S(=O)(=O)O)ccc2cc1S(=O)(=O)O. The number of hydrogen-bond donors (Lipinski definition) is 4. The van der Waals surface area contributed by atoms with Gasteiger partial charge in [0.25, 0.3) is 30.4 Å². The second kappa shape index (κ2) is 5.12. The second-order valence-electron chi connectivity index (χ2n) is 4.43. The Kier molecular flexibility index (Phi) is 3.91. The molecule has 13 heteroatoms. The first-order chi connectivity index (χ1) is 10.2. The number of anilines is 1. The molecule has 0 aliphatic carbocycles. The fraction of sp³-hybridized carbons (Fsp3) is 0. The Morgan fingerprint density at radius 2 is 1.26 bits per heavy atom. The van der Waals surface area contributed by atoms with Crippen molar-refractivity contribution in [1.82, 2.24) is 0 Å². The van der Waals surface area contributed by atoms with Crippen LogP contribution in [0.3, 0.4) is 0 Å². The van der Waals surface area contributed by atoms with Crippen LogP contribution in [0, 0.1) is 0 Å². The Bertz CT molecular complexity index is 1130. The van der Waals surface area contributed by atoms with Crippen molar-refractivity contribution < 1.29 is 38.9 Å². The van der Waals surface area contributed by atoms with Gasteiger partial charge in [-0.3, -0.25) is 13.7 Å². The topological polar surface area (TPSA) is 189 Å². The van der Waals surface area contributed by atoms with Crippen LogP contribution in [-0.4, -0.2) is 38.9 Å². The van der Waals surface area contributed by atoms with E-state index in [1.807, 2.05) is 0 Å². The van der Waals surface area contributed by atoms with Gasteiger partial charge in [-0.2, -0.15) is 25.3 Å². The van der Waals surface area contributed by atoms with Crippen molar-refractivity contribution in [3.63, 3.8) is 0 Å². The van der Waals surface area contributed by atoms with Crippen molar-refractivity contribution in [2.24, 2.45) is 0 Å². The lowest BCUT2D eigenvalue weighted by Crippen LogP contribution is -2.10. The Labute approximate surface area is 130 Å². The third kappa shape index (κ3) is 3.29. The maximum absolute atomic E-state index is 11.5. The summed E-state index contributed by atoms with van der Waals surface area (Å²) in [5.41, 5.74) is 4.83. The standard InChI is InChI=1S/C10H9NO9S3/c11-7-4-6-5(3-9(7)22(15,16)17)1-2-8(21(12,13)14)10(6)23(18,19)20/h1-4H,11H2,(H,12,13,14)(H,15,16,17)(H,18,19,20). The average Bonchev–Trinajstić information content (AvgIpc) is 2.32. The summed E-state index contributed by atoms with van der Waals surface area (Å²) in [4.78, 5) is -3.00. The lowest BCUT2D eigenvalue weighted by molar-refractivity contribution is 0.467. The molecule has 0 heterocycles. The third-order valence-electron chi connectivity index (χ3n) is 2.88. The van der Waals surface area contributed by atoms with Gasteiger partial charge in [-0.25, -0.2) is 0 Å². The summed E-state index contributed by atoms with van der Waals surface area (Å²) < 4.78 is 95.2. The molecule has 0 atom stereocenters. The van der Waals surface area contributed by atoms with Gasteiger partial charge in [0, 0.05) is 5.39 Å². The zero-order chi connectivity index (χ0) is 17.8. The number of hydrogen-bond acceptors (Lipinski definition) is 7. The number of nitrogen functional groups attached to an aromatic ring is 1. The predicted octanol–water partition coefficient (Wildman–Crippen LogP) is 0.162. The van der Waals surface area contributed by atoms with E-state index >= 15 is 0 Å². The quantitative estimate of drug-likeness (QED) is 0.419. The van der Waals surface area contributed by atoms with Crippen LogP contribution in [0.5, 0.6) is 0 Å². The van der Waals surface area contributed by atoms with E-state index in [9.17, 15) is 29.8 Å². The molecule has 2 rings (SSSR count). The van der Waals surface area contributed by atoms with Crippen molar-refractivity contribution in [1.29, 1.82) is 0 Å². The zero-order valence-electron chi connectivity index (χ0n) is 10.9. The highest BCUT2D eigenvalue weighted by Crippen LogP contribution is 2.33. The van der Waals surface area contributed by atoms with Crippen LogP contribution in [0.15, 0.2) is 39.0 Å². The molecule has 126 valence electrons. The molecule has 0 unspecified atom stereocenters. The minimum Gasteiger partial charge on any atom is -0.398 e. The van der Waals surface area contributed by atoms with Gasteiger partial charge < -0.3 is 5.73 Å². The number of rotatable bonds is 3. The lowest BCUT2D eigenvalue weighted by atomic mass is 10.1. The van der Waals surface area contributed by atoms with Crippen LogP contribution >= 0.6 is 0 Å². The van der Waals surface area contributed by atoms with E-state index in [2.05, 4.69) is 0 Å². The Morgan fingerprint density at radius 1 is 0.739 bits per heavy atom. The van der Waals surface area contributed by atoms with E-state index in [0.29, 0.717) is 6.07 Å². The maximum atomic E-state index is 11.5. The highest BCUT2D eigenvalue weighted by molar-refractivity contribution is 7.89. The number of benzene rings is 2. The normalized spacial score (nSPS) is 13.3. The summed E-state index contributed by atoms with van der Waals surface area (Å²) in [7, 11) is -14.8. The fourth-order valence-corrected chi connectivity index (χ4v) is 4.64. The van der Waals surface area contributed by atoms with Crippen LogP contribution in [0.1, 0.15) is 0 Å². The highest BCUT2D eigenvalue weighted by Gasteiger charge is 2.27. The van der Waals surface area contributed by atoms with Gasteiger partial charge in [-0.1, -0.05) is 6.07 Å². The maximum Gasteiger partial charge on any atom is 0.296 e. The number of nitrogens with two attached hydrogens (primary N) is 1. The molecule has 2 aromatic rings. The van der Waals surface area contributed by atoms with Crippen LogP contribution in [0.4, 0.5) is 5.69 Å². The largest absolute Gasteiger partial charge is 0.398 e. The summed E-state index contributed by atoms with van der Waals surface area (Å²) in [6.07, 6.45) is 0. The van der Waals surface area contributed by atoms with Gasteiger partial charge in [-0.15, -0.1) is 0 Å². The molecule has 2 aromatic carbocycles. The van der Waals surface area contributed by atoms with Crippen molar-refractivity contribution >= 4 is 46.8 Å². The van der Waals surface area contributed by atoms with Crippen molar-refractivity contribution in [2.45, 2.75) is 14.7 Å². The van der Waals surface area contributed by atoms with Gasteiger partial charge in [0.15, 0.2) is 0 Å². The van der Waals surface area contributed by atoms with E-state index in [4.69, 9.17) is 14.8 Å². The van der Waals surface area contributed by atoms with Crippen LogP contribution in [0.25, 0.3) is 10.8 Å². The summed E-state index contributed by atoms with van der Waals surface area (Å²) in [6, 6.07) is 3.17. The first-order valence-corrected chi connectivity index (χ1v) is 9.83. The molecule has 0 radical (unpaired) electrons. The van der Waals surface area contributed by atoms with Crippen LogP contribution in [0.2, 0.25) is 0 Å². The molecule has 0 aliphatic rings. The average molecular weight is 383 g/mol. The van der Waals surface area contributed by atoms with Crippen LogP contribution in [-0.2, 0) is 30.4 Å². The van der Waals surface area contributed by atoms with Gasteiger partial charge in [0.2, 0.25) is 0 Å². The first-order valence-electron chi connectivity index (χ1n) is 5.51. The highest BCUT2D eigenvalue weighted by atomic mass is 32.2. The van der Waals surface area contributed by atoms with Gasteiger partial charge in [-0.05, 0) is 23.6 Å². The summed E-state index contributed by atoms with van der Waals surface area (Å²) >= 11 is 0. The molecule has 10 nitrogen and oxygen atoms in total. The third-order valence-corrected chi connectivity index (χ3v) is 5.77. The van der Waals surface area contributed by atoms with Gasteiger partial charge in [0.05, 0.1) is 5.69 Å². The molecule has 0 aliphatic heterocycles. The Morgan fingerprint density at radius 3 is 1.70 bits per heavy atom. The Balaban J connectivity index is 3.11. The number of fused-ring (bicyclic) bond motifs is 1. The monoisotopic (exact) mass is 383 g/mol. The van der Waals surface area contributed by atoms with Gasteiger partial charge >= 0.3 is 0 Å². The molecule has 0 saturated carbocycles. The van der Waals surface area contributed by atoms with Crippen molar-refractivity contribution in [3.05, 3.63) is 24.3 Å².